The quantitative estimate of drug-likeness (QED) is 0.678. The number of hydrogen-bond donors (Lipinski definition) is 2. The molecule has 0 unspecified atom stereocenters. The molecule has 4 rings (SSSR count). The maximum atomic E-state index is 12.1. The Morgan fingerprint density at radius 2 is 2.23 bits per heavy atom. The van der Waals surface area contributed by atoms with Gasteiger partial charge in [0.1, 0.15) is 18.2 Å². The van der Waals surface area contributed by atoms with Crippen LogP contribution in [0.3, 0.4) is 0 Å². The van der Waals surface area contributed by atoms with Crippen molar-refractivity contribution in [2.45, 2.75) is 25.0 Å². The van der Waals surface area contributed by atoms with E-state index in [2.05, 4.69) is 16.8 Å². The summed E-state index contributed by atoms with van der Waals surface area (Å²) in [6.45, 7) is 1.18. The van der Waals surface area contributed by atoms with Gasteiger partial charge in [-0.1, -0.05) is 11.8 Å². The number of likely N-dealkylation sites (N-methyl/N-ethyl adjacent to an activating group) is 1. The number of nitrogens with zero attached hydrogens (tertiary/aromatic N) is 4. The molecule has 1 aromatic carbocycles. The minimum atomic E-state index is -1.70. The third kappa shape index (κ3) is 3.15. The van der Waals surface area contributed by atoms with E-state index in [1.807, 2.05) is 6.07 Å². The molecule has 0 aliphatic carbocycles. The van der Waals surface area contributed by atoms with E-state index in [1.165, 1.54) is 4.90 Å². The van der Waals surface area contributed by atoms with E-state index in [9.17, 15) is 14.7 Å². The molecule has 3 N–H and O–H groups in total. The smallest absolute Gasteiger partial charge is 0.269 e. The Labute approximate surface area is 172 Å². The first-order chi connectivity index (χ1) is 14.3. The molecular weight excluding hydrogens is 386 g/mol. The zero-order valence-corrected chi connectivity index (χ0v) is 16.3. The van der Waals surface area contributed by atoms with Crippen LogP contribution in [0.4, 0.5) is 0 Å². The number of aliphatic hydroxyl groups is 1. The molecule has 9 nitrogen and oxygen atoms in total. The number of nitrogens with two attached hydrogens (primary N) is 1. The van der Waals surface area contributed by atoms with Gasteiger partial charge in [0.2, 0.25) is 5.60 Å². The molecule has 3 heterocycles. The largest absolute Gasteiger partial charge is 0.491 e. The highest BCUT2D eigenvalue weighted by molar-refractivity contribution is 5.93. The van der Waals surface area contributed by atoms with Crippen molar-refractivity contribution in [1.82, 2.24) is 14.5 Å². The van der Waals surface area contributed by atoms with Crippen LogP contribution in [0.1, 0.15) is 28.2 Å². The van der Waals surface area contributed by atoms with Gasteiger partial charge >= 0.3 is 0 Å². The first kappa shape index (κ1) is 19.5. The van der Waals surface area contributed by atoms with Crippen LogP contribution < -0.4 is 10.5 Å². The second-order valence-corrected chi connectivity index (χ2v) is 7.23. The van der Waals surface area contributed by atoms with Crippen LogP contribution in [0.25, 0.3) is 11.4 Å². The van der Waals surface area contributed by atoms with Gasteiger partial charge < -0.3 is 25.0 Å². The van der Waals surface area contributed by atoms with Gasteiger partial charge in [0, 0.05) is 25.6 Å². The average molecular weight is 405 g/mol. The maximum absolute atomic E-state index is 12.1. The lowest BCUT2D eigenvalue weighted by Crippen LogP contribution is -2.37. The summed E-state index contributed by atoms with van der Waals surface area (Å²) in [5.41, 5.74) is 5.41. The van der Waals surface area contributed by atoms with E-state index >= 15 is 0 Å². The molecule has 0 spiro atoms. The Hall–Kier alpha value is -3.82. The van der Waals surface area contributed by atoms with Crippen LogP contribution in [-0.4, -0.2) is 57.2 Å². The van der Waals surface area contributed by atoms with Gasteiger partial charge in [0.25, 0.3) is 11.8 Å². The minimum absolute atomic E-state index is 0.0111. The molecule has 1 fully saturated rings. The molecule has 2 aromatic rings. The number of carbonyl (C=O) groups excluding carboxylic acids is 2. The molecular formula is C21H19N5O4. The fourth-order valence-electron chi connectivity index (χ4n) is 3.68. The summed E-state index contributed by atoms with van der Waals surface area (Å²) in [5, 5.41) is 19.7. The first-order valence-corrected chi connectivity index (χ1v) is 9.38. The number of fused-ring (bicyclic) bond motifs is 3. The number of amides is 2. The van der Waals surface area contributed by atoms with Crippen molar-refractivity contribution in [3.8, 4) is 35.0 Å². The summed E-state index contributed by atoms with van der Waals surface area (Å²) in [6, 6.07) is 7.21. The van der Waals surface area contributed by atoms with Crippen LogP contribution in [-0.2, 0) is 17.8 Å². The summed E-state index contributed by atoms with van der Waals surface area (Å²) in [7, 11) is 1.62. The number of likely N-dealkylation sites (tertiary alicyclic amines) is 1. The van der Waals surface area contributed by atoms with Crippen molar-refractivity contribution in [2.24, 2.45) is 5.73 Å². The SMILES string of the molecule is CN1CC[C@@](O)(C#Cc2ccc3c(c2)-c2nc(C(N)=O)c(CC#N)n2CCO3)C1=O. The number of imidazole rings is 1. The Bertz CT molecular complexity index is 1170. The van der Waals surface area contributed by atoms with Crippen LogP contribution in [0.2, 0.25) is 0 Å². The molecule has 0 radical (unpaired) electrons. The number of primary amides is 1. The number of nitriles is 1. The Kier molecular flexibility index (Phi) is 4.69. The number of aromatic nitrogens is 2. The summed E-state index contributed by atoms with van der Waals surface area (Å²) < 4.78 is 7.55. The third-order valence-electron chi connectivity index (χ3n) is 5.27. The van der Waals surface area contributed by atoms with Crippen molar-refractivity contribution in [2.75, 3.05) is 20.2 Å². The lowest BCUT2D eigenvalue weighted by Gasteiger charge is -2.13. The Morgan fingerprint density at radius 3 is 2.90 bits per heavy atom. The molecule has 1 aromatic heterocycles. The van der Waals surface area contributed by atoms with Gasteiger partial charge in [0.05, 0.1) is 30.3 Å². The summed E-state index contributed by atoms with van der Waals surface area (Å²) in [4.78, 5) is 29.8. The van der Waals surface area contributed by atoms with Crippen LogP contribution in [0.5, 0.6) is 5.75 Å². The van der Waals surface area contributed by atoms with Crippen LogP contribution >= 0.6 is 0 Å². The average Bonchev–Trinajstić information content (AvgIpc) is 3.13. The highest BCUT2D eigenvalue weighted by Gasteiger charge is 2.42. The van der Waals surface area contributed by atoms with Crippen molar-refractivity contribution in [3.05, 3.63) is 35.2 Å². The molecule has 1 saturated heterocycles. The Morgan fingerprint density at radius 1 is 1.43 bits per heavy atom. The molecule has 1 atom stereocenters. The number of carbonyl (C=O) groups is 2. The Balaban J connectivity index is 1.79. The predicted octanol–water partition coefficient (Wildman–Crippen LogP) is 0.0522. The van der Waals surface area contributed by atoms with E-state index in [-0.39, 0.29) is 18.5 Å². The van der Waals surface area contributed by atoms with E-state index in [1.54, 1.807) is 29.8 Å². The maximum Gasteiger partial charge on any atom is 0.269 e. The monoisotopic (exact) mass is 405 g/mol. The van der Waals surface area contributed by atoms with E-state index in [0.29, 0.717) is 48.1 Å². The third-order valence-corrected chi connectivity index (χ3v) is 5.27. The van der Waals surface area contributed by atoms with Gasteiger partial charge in [-0.15, -0.1) is 0 Å². The van der Waals surface area contributed by atoms with E-state index < -0.39 is 17.4 Å². The molecule has 0 bridgehead atoms. The van der Waals surface area contributed by atoms with Gasteiger partial charge in [-0.2, -0.15) is 5.26 Å². The zero-order chi connectivity index (χ0) is 21.5. The lowest BCUT2D eigenvalue weighted by molar-refractivity contribution is -0.137. The number of ether oxygens (including phenoxy) is 1. The molecule has 2 amide bonds. The highest BCUT2D eigenvalue weighted by atomic mass is 16.5. The van der Waals surface area contributed by atoms with Crippen molar-refractivity contribution >= 4 is 11.8 Å². The van der Waals surface area contributed by atoms with Crippen molar-refractivity contribution < 1.29 is 19.4 Å². The molecule has 152 valence electrons. The van der Waals surface area contributed by atoms with Crippen LogP contribution in [0, 0.1) is 23.2 Å². The fraction of sp³-hybridized carbons (Fsp3) is 0.333. The second-order valence-electron chi connectivity index (χ2n) is 7.23. The predicted molar refractivity (Wildman–Crippen MR) is 105 cm³/mol. The number of benzene rings is 1. The van der Waals surface area contributed by atoms with Crippen LogP contribution in [0.15, 0.2) is 18.2 Å². The molecule has 9 heteroatoms. The van der Waals surface area contributed by atoms with E-state index in [4.69, 9.17) is 15.7 Å². The van der Waals surface area contributed by atoms with E-state index in [0.717, 1.165) is 0 Å². The molecule has 30 heavy (non-hydrogen) atoms. The lowest BCUT2D eigenvalue weighted by atomic mass is 10.0. The number of hydrogen-bond acceptors (Lipinski definition) is 6. The molecule has 0 saturated carbocycles. The molecule has 2 aliphatic rings. The highest BCUT2D eigenvalue weighted by Crippen LogP contribution is 2.34. The van der Waals surface area contributed by atoms with Gasteiger partial charge in [-0.25, -0.2) is 4.98 Å². The van der Waals surface area contributed by atoms with Gasteiger partial charge in [0.15, 0.2) is 5.69 Å². The minimum Gasteiger partial charge on any atom is -0.491 e. The number of rotatable bonds is 2. The summed E-state index contributed by atoms with van der Waals surface area (Å²) in [5.74, 6) is 5.44. The fourth-order valence-corrected chi connectivity index (χ4v) is 3.68. The second kappa shape index (κ2) is 7.21. The van der Waals surface area contributed by atoms with Crippen molar-refractivity contribution in [1.29, 1.82) is 5.26 Å². The van der Waals surface area contributed by atoms with Gasteiger partial charge in [-0.3, -0.25) is 9.59 Å². The van der Waals surface area contributed by atoms with Crippen molar-refractivity contribution in [3.63, 3.8) is 0 Å². The summed E-state index contributed by atoms with van der Waals surface area (Å²) >= 11 is 0. The van der Waals surface area contributed by atoms with Gasteiger partial charge in [-0.05, 0) is 18.2 Å². The standard InChI is InChI=1S/C21H19N5O4/c1-25-9-7-21(29,20(25)28)6-4-13-2-3-16-14(12-13)19-24-17(18(23)27)15(5-8-22)26(19)10-11-30-16/h2-3,12,29H,5,7,9-11H2,1H3,(H2,23,27)/t21-/m0/s1. The zero-order valence-electron chi connectivity index (χ0n) is 16.3. The first-order valence-electron chi connectivity index (χ1n) is 9.38. The topological polar surface area (TPSA) is 134 Å². The summed E-state index contributed by atoms with van der Waals surface area (Å²) in [6.07, 6.45) is 0.232. The normalized spacial score (nSPS) is 19.6. The molecule has 2 aliphatic heterocycles.